The van der Waals surface area contributed by atoms with Crippen LogP contribution in [0, 0.1) is 24.7 Å². The third-order valence-corrected chi connectivity index (χ3v) is 18.9. The molecule has 6 heteroatoms. The Morgan fingerprint density at radius 1 is 0.297 bits per heavy atom. The minimum atomic E-state index is -1.14. The first-order valence-corrected chi connectivity index (χ1v) is 25.1. The zero-order valence-electron chi connectivity index (χ0n) is 34.4. The summed E-state index contributed by atoms with van der Waals surface area (Å²) in [7, 11) is -2.28. The van der Waals surface area contributed by atoms with E-state index < -0.39 is 15.8 Å². The Kier molecular flexibility index (Phi) is 16.6. The van der Waals surface area contributed by atoms with Crippen LogP contribution in [0.4, 0.5) is 0 Å². The van der Waals surface area contributed by atoms with Gasteiger partial charge in [-0.25, -0.2) is 0 Å². The van der Waals surface area contributed by atoms with E-state index in [1.807, 2.05) is 24.3 Å². The van der Waals surface area contributed by atoms with Crippen molar-refractivity contribution in [3.8, 4) is 11.8 Å². The van der Waals surface area contributed by atoms with Crippen molar-refractivity contribution in [2.24, 2.45) is 0 Å². The van der Waals surface area contributed by atoms with Crippen LogP contribution in [0.1, 0.15) is 11.1 Å². The van der Waals surface area contributed by atoms with Crippen molar-refractivity contribution in [1.82, 2.24) is 0 Å². The Bertz CT molecular complexity index is 3030. The summed E-state index contributed by atoms with van der Waals surface area (Å²) in [4.78, 5) is 0. The van der Waals surface area contributed by atoms with E-state index in [1.54, 1.807) is 22.7 Å². The maximum atomic E-state index is 7.11. The monoisotopic (exact) mass is 1260 g/mol. The molecular weight excluding hydrogens is 1220 g/mol. The number of benzene rings is 9. The zero-order valence-corrected chi connectivity index (χ0v) is 42.3. The molecule has 0 atom stereocenters. The molecule has 0 saturated carbocycles. The summed E-state index contributed by atoms with van der Waals surface area (Å²) in [6.07, 6.45) is 14.2. The van der Waals surface area contributed by atoms with Crippen molar-refractivity contribution in [1.29, 1.82) is 0 Å². The van der Waals surface area contributed by atoms with Crippen molar-refractivity contribution in [3.05, 3.63) is 254 Å². The van der Waals surface area contributed by atoms with Crippen molar-refractivity contribution in [2.75, 3.05) is 0 Å². The molecule has 0 aliphatic rings. The summed E-state index contributed by atoms with van der Waals surface area (Å²) in [5.74, 6) is 4.84. The van der Waals surface area contributed by atoms with Gasteiger partial charge in [-0.2, -0.15) is 0 Å². The summed E-state index contributed by atoms with van der Waals surface area (Å²) >= 11 is 3.54. The van der Waals surface area contributed by atoms with Gasteiger partial charge >= 0.3 is 44.8 Å². The van der Waals surface area contributed by atoms with Gasteiger partial charge < -0.3 is 12.8 Å². The van der Waals surface area contributed by atoms with Crippen LogP contribution in [-0.4, -0.2) is 0 Å². The largest absolute Gasteiger partial charge is 1.00 e. The molecule has 0 amide bonds. The van der Waals surface area contributed by atoms with Gasteiger partial charge in [0.25, 0.3) is 0 Å². The molecule has 0 fully saturated rings. The molecule has 0 unspecified atom stereocenters. The fourth-order valence-electron chi connectivity index (χ4n) is 7.90. The van der Waals surface area contributed by atoms with Crippen LogP contribution < -0.4 is 31.8 Å². The van der Waals surface area contributed by atoms with E-state index in [0.29, 0.717) is 0 Å². The fraction of sp³-hybridized carbons (Fsp3) is 0. The molecule has 9 aromatic carbocycles. The van der Waals surface area contributed by atoms with Crippen molar-refractivity contribution >= 4 is 111 Å². The molecule has 314 valence electrons. The van der Waals surface area contributed by atoms with Crippen LogP contribution in [0.2, 0.25) is 0 Å². The quantitative estimate of drug-likeness (QED) is 0.0674. The van der Waals surface area contributed by atoms with Gasteiger partial charge in [-0.05, 0) is 83.6 Å². The number of thiophene rings is 2. The second-order valence-electron chi connectivity index (χ2n) is 14.6. The summed E-state index contributed by atoms with van der Waals surface area (Å²) in [6, 6.07) is 82.3. The van der Waals surface area contributed by atoms with Crippen LogP contribution in [0.15, 0.2) is 231 Å². The molecule has 0 N–H and O–H groups in total. The number of rotatable bonds is 6. The first-order valence-electron chi connectivity index (χ1n) is 20.4. The van der Waals surface area contributed by atoms with Crippen molar-refractivity contribution in [2.45, 2.75) is 0 Å². The first-order chi connectivity index (χ1) is 30.7. The Balaban J connectivity index is 0.000000159. The van der Waals surface area contributed by atoms with Gasteiger partial charge in [0.2, 0.25) is 0 Å². The third kappa shape index (κ3) is 10.5. The van der Waals surface area contributed by atoms with Gasteiger partial charge in [0.15, 0.2) is 0 Å². The van der Waals surface area contributed by atoms with Gasteiger partial charge in [0, 0.05) is 29.6 Å². The molecule has 0 spiro atoms. The van der Waals surface area contributed by atoms with E-state index in [4.69, 9.17) is 12.8 Å². The van der Waals surface area contributed by atoms with E-state index in [1.165, 1.54) is 72.2 Å². The van der Waals surface area contributed by atoms with Crippen LogP contribution >= 0.6 is 38.5 Å². The van der Waals surface area contributed by atoms with Crippen molar-refractivity contribution in [3.63, 3.8) is 0 Å². The number of hydrogen-bond acceptors (Lipinski definition) is 2. The van der Waals surface area contributed by atoms with Gasteiger partial charge in [-0.15, -0.1) is 58.1 Å². The Morgan fingerprint density at radius 2 is 0.578 bits per heavy atom. The van der Waals surface area contributed by atoms with Crippen LogP contribution in [0.25, 0.3) is 40.3 Å². The summed E-state index contributed by atoms with van der Waals surface area (Å²) in [5.41, 5.74) is 1.68. The van der Waals surface area contributed by atoms with Gasteiger partial charge in [-0.1, -0.05) is 133 Å². The van der Waals surface area contributed by atoms with Crippen molar-refractivity contribution < 1.29 is 44.8 Å². The second kappa shape index (κ2) is 22.7. The molecule has 11 aromatic rings. The normalized spacial score (nSPS) is 10.5. The van der Waals surface area contributed by atoms with Crippen LogP contribution in [-0.2, 0) is 44.8 Å². The van der Waals surface area contributed by atoms with Gasteiger partial charge in [0.1, 0.15) is 47.7 Å². The zero-order chi connectivity index (χ0) is 42.1. The molecule has 0 aliphatic carbocycles. The van der Waals surface area contributed by atoms with Gasteiger partial charge in [-0.3, -0.25) is 11.8 Å². The molecule has 2 aromatic heterocycles. The number of hydrogen-bond donors (Lipinski definition) is 0. The Morgan fingerprint density at radius 3 is 0.906 bits per heavy atom. The SMILES string of the molecule is [Au+].[Au+].[C-]#Cc1ccc2c(c1)sc1ccccc12.[C-]#Cc1ccc2c(c1)sc1ccccc12.c1ccc([PH+](c2ccccc2)c2ccccc2[PH+](c2ccccc2)c2ccccc2)cc1. The maximum Gasteiger partial charge on any atom is 1.00 e. The van der Waals surface area contributed by atoms with E-state index in [9.17, 15) is 0 Å². The molecule has 0 aliphatic heterocycles. The summed E-state index contributed by atoms with van der Waals surface area (Å²) in [5, 5.41) is 13.9. The molecule has 11 rings (SSSR count). The third-order valence-electron chi connectivity index (χ3n) is 10.8. The minimum absolute atomic E-state index is 0. The predicted octanol–water partition coefficient (Wildman–Crippen LogP) is 12.6. The molecule has 64 heavy (non-hydrogen) atoms. The summed E-state index contributed by atoms with van der Waals surface area (Å²) in [6.45, 7) is 0. The first kappa shape index (κ1) is 46.9. The van der Waals surface area contributed by atoms with E-state index in [-0.39, 0.29) is 44.8 Å². The molecule has 0 bridgehead atoms. The fourth-order valence-corrected chi connectivity index (χ4v) is 16.2. The average molecular weight is 1260 g/mol. The molecular formula is C58H40Au2P2S2+2. The van der Waals surface area contributed by atoms with E-state index in [0.717, 1.165) is 11.1 Å². The minimum Gasteiger partial charge on any atom is -0.366 e. The summed E-state index contributed by atoms with van der Waals surface area (Å²) < 4.78 is 5.06. The predicted molar refractivity (Wildman–Crippen MR) is 278 cm³/mol. The maximum absolute atomic E-state index is 7.11. The van der Waals surface area contributed by atoms with E-state index in [2.05, 4.69) is 218 Å². The van der Waals surface area contributed by atoms with Gasteiger partial charge in [0.05, 0.1) is 0 Å². The standard InChI is InChI=1S/C30H24P2.2C14H7S.2Au/c1-5-15-25(16-6-1)31(26-17-7-2-8-18-26)29-23-13-14-24-30(29)32(27-19-9-3-10-20-27)28-21-11-4-12-22-28;2*1-2-10-7-8-12-11-5-3-4-6-13(11)15-14(12)9-10;;/h1-24H;2*3-9H;;/q;2*-1;2*+1/p+2. The van der Waals surface area contributed by atoms with Crippen LogP contribution in [0.5, 0.6) is 0 Å². The molecule has 0 nitrogen and oxygen atoms in total. The number of fused-ring (bicyclic) bond motifs is 6. The molecule has 0 radical (unpaired) electrons. The van der Waals surface area contributed by atoms with Crippen LogP contribution in [0.3, 0.4) is 0 Å². The average Bonchev–Trinajstić information content (AvgIpc) is 3.91. The topological polar surface area (TPSA) is 0 Å². The molecule has 0 saturated heterocycles. The Labute approximate surface area is 418 Å². The smallest absolute Gasteiger partial charge is 0.366 e. The second-order valence-corrected chi connectivity index (χ2v) is 21.7. The van der Waals surface area contributed by atoms with E-state index >= 15 is 0 Å². The Hall–Kier alpha value is -5.12. The molecule has 2 heterocycles.